The molecule has 0 radical (unpaired) electrons. The van der Waals surface area contributed by atoms with Gasteiger partial charge in [-0.05, 0) is 68.0 Å². The van der Waals surface area contributed by atoms with Crippen LogP contribution in [0.25, 0.3) is 5.57 Å². The van der Waals surface area contributed by atoms with E-state index in [0.717, 1.165) is 46.5 Å². The van der Waals surface area contributed by atoms with Gasteiger partial charge in [-0.1, -0.05) is 62.9 Å². The summed E-state index contributed by atoms with van der Waals surface area (Å²) < 4.78 is 0. The Morgan fingerprint density at radius 3 is 2.25 bits per heavy atom. The van der Waals surface area contributed by atoms with Gasteiger partial charge in [-0.15, -0.1) is 0 Å². The molecule has 0 aliphatic heterocycles. The van der Waals surface area contributed by atoms with Crippen molar-refractivity contribution in [1.82, 2.24) is 0 Å². The third-order valence-electron chi connectivity index (χ3n) is 4.04. The third kappa shape index (κ3) is 4.86. The molecule has 0 heterocycles. The molecular formula is C23H31N. The molecule has 0 amide bonds. The normalized spacial score (nSPS) is 12.0. The molecule has 0 saturated carbocycles. The van der Waals surface area contributed by atoms with Crippen molar-refractivity contribution < 1.29 is 0 Å². The number of rotatable bonds is 8. The van der Waals surface area contributed by atoms with E-state index in [4.69, 9.17) is 0 Å². The fourth-order valence-electron chi connectivity index (χ4n) is 2.80. The molecule has 0 unspecified atom stereocenters. The van der Waals surface area contributed by atoms with E-state index in [1.54, 1.807) is 0 Å². The van der Waals surface area contributed by atoms with Crippen LogP contribution in [0.15, 0.2) is 72.5 Å². The van der Waals surface area contributed by atoms with Gasteiger partial charge in [0.1, 0.15) is 0 Å². The molecule has 1 nitrogen and oxygen atoms in total. The van der Waals surface area contributed by atoms with Crippen LogP contribution in [0.1, 0.15) is 52.2 Å². The Labute approximate surface area is 148 Å². The van der Waals surface area contributed by atoms with E-state index in [1.165, 1.54) is 11.1 Å². The van der Waals surface area contributed by atoms with Crippen molar-refractivity contribution in [3.05, 3.63) is 83.6 Å². The molecule has 0 atom stereocenters. The van der Waals surface area contributed by atoms with Gasteiger partial charge in [0.25, 0.3) is 0 Å². The third-order valence-corrected chi connectivity index (χ3v) is 4.04. The predicted octanol–water partition coefficient (Wildman–Crippen LogP) is 7.07. The minimum absolute atomic E-state index is 0.918. The second-order valence-corrected chi connectivity index (χ2v) is 6.15. The Hall–Kier alpha value is -2.28. The van der Waals surface area contributed by atoms with Crippen molar-refractivity contribution in [2.45, 2.75) is 47.5 Å². The Morgan fingerprint density at radius 2 is 1.79 bits per heavy atom. The highest BCUT2D eigenvalue weighted by molar-refractivity contribution is 5.73. The summed E-state index contributed by atoms with van der Waals surface area (Å²) in [5, 5.41) is 3.62. The van der Waals surface area contributed by atoms with Gasteiger partial charge in [-0.3, -0.25) is 0 Å². The average Bonchev–Trinajstić information content (AvgIpc) is 2.54. The summed E-state index contributed by atoms with van der Waals surface area (Å²) in [6.07, 6.45) is 6.07. The molecule has 0 bridgehead atoms. The van der Waals surface area contributed by atoms with E-state index in [0.29, 0.717) is 0 Å². The lowest BCUT2D eigenvalue weighted by Gasteiger charge is -2.20. The van der Waals surface area contributed by atoms with Crippen LogP contribution in [0.2, 0.25) is 0 Å². The van der Waals surface area contributed by atoms with Crippen LogP contribution < -0.4 is 5.32 Å². The molecule has 1 N–H and O–H groups in total. The summed E-state index contributed by atoms with van der Waals surface area (Å²) in [6, 6.07) is 6.34. The van der Waals surface area contributed by atoms with Gasteiger partial charge in [-0.25, -0.2) is 0 Å². The van der Waals surface area contributed by atoms with Crippen molar-refractivity contribution >= 4 is 11.3 Å². The molecule has 1 aromatic carbocycles. The highest BCUT2D eigenvalue weighted by Gasteiger charge is 2.12. The summed E-state index contributed by atoms with van der Waals surface area (Å²) in [5.41, 5.74) is 9.03. The van der Waals surface area contributed by atoms with Crippen LogP contribution in [0.4, 0.5) is 5.69 Å². The summed E-state index contributed by atoms with van der Waals surface area (Å²) in [5.74, 6) is 0. The number of hydrogen-bond acceptors (Lipinski definition) is 1. The monoisotopic (exact) mass is 321 g/mol. The maximum absolute atomic E-state index is 4.21. The Morgan fingerprint density at radius 1 is 1.12 bits per heavy atom. The summed E-state index contributed by atoms with van der Waals surface area (Å²) >= 11 is 0. The molecule has 0 saturated heterocycles. The number of benzene rings is 1. The van der Waals surface area contributed by atoms with Gasteiger partial charge in [0.2, 0.25) is 0 Å². The van der Waals surface area contributed by atoms with Crippen molar-refractivity contribution in [1.29, 1.82) is 0 Å². The first-order chi connectivity index (χ1) is 11.3. The van der Waals surface area contributed by atoms with Crippen molar-refractivity contribution in [2.24, 2.45) is 0 Å². The van der Waals surface area contributed by atoms with Gasteiger partial charge in [-0.2, -0.15) is 0 Å². The van der Waals surface area contributed by atoms with Crippen molar-refractivity contribution in [3.8, 4) is 0 Å². The van der Waals surface area contributed by atoms with Crippen molar-refractivity contribution in [2.75, 3.05) is 5.32 Å². The average molecular weight is 322 g/mol. The summed E-state index contributed by atoms with van der Waals surface area (Å²) in [7, 11) is 0. The molecule has 0 aromatic heterocycles. The molecule has 0 fully saturated rings. The Bertz CT molecular complexity index is 699. The topological polar surface area (TPSA) is 12.0 Å². The van der Waals surface area contributed by atoms with Gasteiger partial charge in [0, 0.05) is 11.4 Å². The number of hydrogen-bond donors (Lipinski definition) is 1. The zero-order valence-electron chi connectivity index (χ0n) is 15.9. The first kappa shape index (κ1) is 19.8. The lowest BCUT2D eigenvalue weighted by atomic mass is 9.96. The predicted molar refractivity (Wildman–Crippen MR) is 110 cm³/mol. The maximum Gasteiger partial charge on any atom is 0.0459 e. The first-order valence-electron chi connectivity index (χ1n) is 8.62. The molecule has 0 aliphatic rings. The highest BCUT2D eigenvalue weighted by Crippen LogP contribution is 2.30. The van der Waals surface area contributed by atoms with E-state index in [1.807, 2.05) is 6.92 Å². The molecule has 0 aliphatic carbocycles. The van der Waals surface area contributed by atoms with E-state index in [2.05, 4.69) is 83.1 Å². The SMILES string of the molecule is C=C(C)/C=C(Nc1cccc(C(=C)C)c1CC)\C(=C/C)C(=C)CC. The van der Waals surface area contributed by atoms with Gasteiger partial charge in [0.15, 0.2) is 0 Å². The first-order valence-corrected chi connectivity index (χ1v) is 8.62. The van der Waals surface area contributed by atoms with Crippen LogP contribution in [-0.4, -0.2) is 0 Å². The minimum atomic E-state index is 0.918. The summed E-state index contributed by atoms with van der Waals surface area (Å²) in [6.45, 7) is 22.8. The smallest absolute Gasteiger partial charge is 0.0459 e. The fraction of sp³-hybridized carbons (Fsp3) is 0.304. The zero-order chi connectivity index (χ0) is 18.3. The van der Waals surface area contributed by atoms with Crippen LogP contribution >= 0.6 is 0 Å². The van der Waals surface area contributed by atoms with Gasteiger partial charge >= 0.3 is 0 Å². The van der Waals surface area contributed by atoms with Crippen LogP contribution in [0.5, 0.6) is 0 Å². The van der Waals surface area contributed by atoms with Crippen LogP contribution in [0.3, 0.4) is 0 Å². The zero-order valence-corrected chi connectivity index (χ0v) is 15.9. The van der Waals surface area contributed by atoms with Crippen LogP contribution in [0, 0.1) is 0 Å². The quantitative estimate of drug-likeness (QED) is 0.505. The molecule has 1 rings (SSSR count). The molecule has 128 valence electrons. The maximum atomic E-state index is 4.21. The lowest BCUT2D eigenvalue weighted by Crippen LogP contribution is -2.08. The molecular weight excluding hydrogens is 290 g/mol. The number of nitrogens with one attached hydrogen (secondary N) is 1. The fourth-order valence-corrected chi connectivity index (χ4v) is 2.80. The Balaban J connectivity index is 3.41. The van der Waals surface area contributed by atoms with Crippen LogP contribution in [-0.2, 0) is 6.42 Å². The number of anilines is 1. The van der Waals surface area contributed by atoms with Crippen molar-refractivity contribution in [3.63, 3.8) is 0 Å². The van der Waals surface area contributed by atoms with E-state index in [-0.39, 0.29) is 0 Å². The van der Waals surface area contributed by atoms with E-state index < -0.39 is 0 Å². The second-order valence-electron chi connectivity index (χ2n) is 6.15. The molecule has 1 aromatic rings. The lowest BCUT2D eigenvalue weighted by molar-refractivity contribution is 1.10. The molecule has 0 spiro atoms. The van der Waals surface area contributed by atoms with Gasteiger partial charge in [0.05, 0.1) is 0 Å². The number of allylic oxidation sites excluding steroid dienone is 5. The van der Waals surface area contributed by atoms with Gasteiger partial charge < -0.3 is 5.32 Å². The standard InChI is InChI=1S/C23H31N/c1-9-18(8)19(10-2)23(15-16(4)5)24-22-14-12-13-21(17(6)7)20(22)11-3/h10,12-15,24H,4,6,8-9,11H2,1-3,5,7H3/b19-10-,23-15+. The van der Waals surface area contributed by atoms with E-state index >= 15 is 0 Å². The minimum Gasteiger partial charge on any atom is -0.355 e. The molecule has 24 heavy (non-hydrogen) atoms. The summed E-state index contributed by atoms with van der Waals surface area (Å²) in [4.78, 5) is 0. The Kier molecular flexibility index (Phi) is 7.51. The van der Waals surface area contributed by atoms with E-state index in [9.17, 15) is 0 Å². The second kappa shape index (κ2) is 9.12. The largest absolute Gasteiger partial charge is 0.355 e. The molecule has 1 heteroatoms. The highest BCUT2D eigenvalue weighted by atomic mass is 14.9.